The van der Waals surface area contributed by atoms with Crippen LogP contribution in [-0.4, -0.2) is 68.5 Å². The lowest BCUT2D eigenvalue weighted by molar-refractivity contribution is 0.0827. The van der Waals surface area contributed by atoms with Crippen molar-refractivity contribution in [1.82, 2.24) is 20.4 Å². The SMILES string of the molecule is CCNC(=NCC(c1ccco1)N1CCCC1)NCCc1cccc(C(=O)N(C)C)c1.I. The van der Waals surface area contributed by atoms with E-state index in [1.165, 1.54) is 12.8 Å². The Kier molecular flexibility index (Phi) is 11.0. The molecule has 1 aromatic heterocycles. The minimum atomic E-state index is 0. The molecule has 2 aromatic rings. The molecule has 0 saturated carbocycles. The number of guanidine groups is 1. The molecule has 1 atom stereocenters. The fourth-order valence-electron chi connectivity index (χ4n) is 3.88. The normalized spacial score (nSPS) is 15.2. The van der Waals surface area contributed by atoms with Gasteiger partial charge in [0.05, 0.1) is 18.8 Å². The molecule has 3 rings (SSSR count). The first-order chi connectivity index (χ1) is 15.1. The maximum absolute atomic E-state index is 12.2. The number of halogens is 1. The van der Waals surface area contributed by atoms with Crippen LogP contribution in [0.2, 0.25) is 0 Å². The van der Waals surface area contributed by atoms with Gasteiger partial charge in [0.1, 0.15) is 5.76 Å². The van der Waals surface area contributed by atoms with Crippen molar-refractivity contribution >= 4 is 35.8 Å². The number of nitrogens with one attached hydrogen (secondary N) is 2. The van der Waals surface area contributed by atoms with Crippen LogP contribution in [0.25, 0.3) is 0 Å². The van der Waals surface area contributed by atoms with Crippen LogP contribution in [0.4, 0.5) is 0 Å². The van der Waals surface area contributed by atoms with Crippen molar-refractivity contribution in [2.24, 2.45) is 4.99 Å². The number of carbonyl (C=O) groups is 1. The molecule has 0 aliphatic carbocycles. The van der Waals surface area contributed by atoms with Crippen LogP contribution in [0.1, 0.15) is 47.5 Å². The lowest BCUT2D eigenvalue weighted by Gasteiger charge is -2.24. The predicted octanol–water partition coefficient (Wildman–Crippen LogP) is 3.53. The molecule has 0 bridgehead atoms. The smallest absolute Gasteiger partial charge is 0.253 e. The predicted molar refractivity (Wildman–Crippen MR) is 140 cm³/mol. The van der Waals surface area contributed by atoms with Crippen molar-refractivity contribution in [3.05, 3.63) is 59.5 Å². The maximum atomic E-state index is 12.2. The number of amides is 1. The van der Waals surface area contributed by atoms with Gasteiger partial charge in [-0.3, -0.25) is 14.7 Å². The molecule has 1 aliphatic heterocycles. The van der Waals surface area contributed by atoms with Crippen molar-refractivity contribution in [1.29, 1.82) is 0 Å². The highest BCUT2D eigenvalue weighted by atomic mass is 127. The van der Waals surface area contributed by atoms with E-state index in [0.717, 1.165) is 55.4 Å². The van der Waals surface area contributed by atoms with Crippen LogP contribution in [0.5, 0.6) is 0 Å². The van der Waals surface area contributed by atoms with Crippen molar-refractivity contribution in [2.45, 2.75) is 32.2 Å². The van der Waals surface area contributed by atoms with Crippen LogP contribution in [0.3, 0.4) is 0 Å². The summed E-state index contributed by atoms with van der Waals surface area (Å²) in [7, 11) is 3.54. The topological polar surface area (TPSA) is 73.1 Å². The molecule has 1 aliphatic rings. The van der Waals surface area contributed by atoms with Gasteiger partial charge in [-0.2, -0.15) is 0 Å². The van der Waals surface area contributed by atoms with Gasteiger partial charge in [-0.25, -0.2) is 0 Å². The van der Waals surface area contributed by atoms with E-state index in [1.54, 1.807) is 25.3 Å². The molecule has 176 valence electrons. The van der Waals surface area contributed by atoms with Gasteiger partial charge in [-0.05, 0) is 69.1 Å². The Morgan fingerprint density at radius 3 is 2.62 bits per heavy atom. The molecule has 0 spiro atoms. The maximum Gasteiger partial charge on any atom is 0.253 e. The van der Waals surface area contributed by atoms with Gasteiger partial charge in [0.25, 0.3) is 5.91 Å². The van der Waals surface area contributed by atoms with Crippen LogP contribution < -0.4 is 10.6 Å². The van der Waals surface area contributed by atoms with Gasteiger partial charge in [0.2, 0.25) is 0 Å². The summed E-state index contributed by atoms with van der Waals surface area (Å²) in [5, 5.41) is 6.76. The molecular weight excluding hydrogens is 517 g/mol. The number of hydrogen-bond acceptors (Lipinski definition) is 4. The molecule has 1 saturated heterocycles. The summed E-state index contributed by atoms with van der Waals surface area (Å²) in [4.78, 5) is 21.1. The lowest BCUT2D eigenvalue weighted by atomic mass is 10.1. The summed E-state index contributed by atoms with van der Waals surface area (Å²) in [5.74, 6) is 1.80. The summed E-state index contributed by atoms with van der Waals surface area (Å²) in [6.07, 6.45) is 5.01. The van der Waals surface area contributed by atoms with Crippen molar-refractivity contribution in [2.75, 3.05) is 46.8 Å². The van der Waals surface area contributed by atoms with Gasteiger partial charge < -0.3 is 20.0 Å². The highest BCUT2D eigenvalue weighted by Gasteiger charge is 2.25. The summed E-state index contributed by atoms with van der Waals surface area (Å²) in [6, 6.07) is 12.0. The number of carbonyl (C=O) groups excluding carboxylic acids is 1. The molecule has 8 heteroatoms. The number of rotatable bonds is 9. The van der Waals surface area contributed by atoms with Crippen molar-refractivity contribution in [3.8, 4) is 0 Å². The second kappa shape index (κ2) is 13.5. The summed E-state index contributed by atoms with van der Waals surface area (Å²) in [5.41, 5.74) is 1.84. The third-order valence-corrected chi connectivity index (χ3v) is 5.51. The average Bonchev–Trinajstić information content (AvgIpc) is 3.48. The molecule has 1 amide bonds. The van der Waals surface area contributed by atoms with E-state index < -0.39 is 0 Å². The highest BCUT2D eigenvalue weighted by Crippen LogP contribution is 2.25. The van der Waals surface area contributed by atoms with Gasteiger partial charge in [0.15, 0.2) is 5.96 Å². The quantitative estimate of drug-likeness (QED) is 0.283. The van der Waals surface area contributed by atoms with E-state index >= 15 is 0 Å². The van der Waals surface area contributed by atoms with Crippen LogP contribution in [0.15, 0.2) is 52.1 Å². The molecule has 1 unspecified atom stereocenters. The third kappa shape index (κ3) is 7.51. The zero-order valence-corrected chi connectivity index (χ0v) is 21.7. The number of likely N-dealkylation sites (tertiary alicyclic amines) is 1. The molecular formula is C24H36IN5O2. The Labute approximate surface area is 208 Å². The van der Waals surface area contributed by atoms with E-state index in [1.807, 2.05) is 30.3 Å². The molecule has 2 heterocycles. The molecule has 1 aromatic carbocycles. The number of furan rings is 1. The van der Waals surface area contributed by atoms with E-state index in [0.29, 0.717) is 6.54 Å². The fraction of sp³-hybridized carbons (Fsp3) is 0.500. The molecule has 2 N–H and O–H groups in total. The molecule has 32 heavy (non-hydrogen) atoms. The Balaban J connectivity index is 0.00000363. The Morgan fingerprint density at radius 2 is 1.97 bits per heavy atom. The third-order valence-electron chi connectivity index (χ3n) is 5.51. The van der Waals surface area contributed by atoms with Crippen LogP contribution >= 0.6 is 24.0 Å². The minimum Gasteiger partial charge on any atom is -0.468 e. The summed E-state index contributed by atoms with van der Waals surface area (Å²) < 4.78 is 5.70. The fourth-order valence-corrected chi connectivity index (χ4v) is 3.88. The highest BCUT2D eigenvalue weighted by molar-refractivity contribution is 14.0. The number of hydrogen-bond donors (Lipinski definition) is 2. The Hall–Kier alpha value is -2.07. The van der Waals surface area contributed by atoms with E-state index in [4.69, 9.17) is 9.41 Å². The first-order valence-electron chi connectivity index (χ1n) is 11.2. The standard InChI is InChI=1S/C24H35N5O2.HI/c1-4-25-24(26-13-12-19-9-7-10-20(17-19)23(30)28(2)3)27-18-21(22-11-8-16-31-22)29-14-5-6-15-29;/h7-11,16-17,21H,4-6,12-15,18H2,1-3H3,(H2,25,26,27);1H. The lowest BCUT2D eigenvalue weighted by Crippen LogP contribution is -2.39. The summed E-state index contributed by atoms with van der Waals surface area (Å²) >= 11 is 0. The number of nitrogens with zero attached hydrogens (tertiary/aromatic N) is 3. The van der Waals surface area contributed by atoms with Gasteiger partial charge in [-0.1, -0.05) is 12.1 Å². The number of benzene rings is 1. The van der Waals surface area contributed by atoms with Crippen molar-refractivity contribution < 1.29 is 9.21 Å². The molecule has 0 radical (unpaired) electrons. The zero-order chi connectivity index (χ0) is 22.1. The second-order valence-corrected chi connectivity index (χ2v) is 8.07. The van der Waals surface area contributed by atoms with E-state index in [-0.39, 0.29) is 35.9 Å². The largest absolute Gasteiger partial charge is 0.468 e. The van der Waals surface area contributed by atoms with Crippen LogP contribution in [-0.2, 0) is 6.42 Å². The first-order valence-corrected chi connectivity index (χ1v) is 11.2. The van der Waals surface area contributed by atoms with Gasteiger partial charge >= 0.3 is 0 Å². The zero-order valence-electron chi connectivity index (χ0n) is 19.3. The Morgan fingerprint density at radius 1 is 1.19 bits per heavy atom. The average molecular weight is 553 g/mol. The van der Waals surface area contributed by atoms with Gasteiger partial charge in [0, 0.05) is 32.7 Å². The molecule has 1 fully saturated rings. The van der Waals surface area contributed by atoms with Gasteiger partial charge in [-0.15, -0.1) is 24.0 Å². The van der Waals surface area contributed by atoms with E-state index in [2.05, 4.69) is 28.5 Å². The molecule has 7 nitrogen and oxygen atoms in total. The second-order valence-electron chi connectivity index (χ2n) is 8.07. The minimum absolute atomic E-state index is 0. The van der Waals surface area contributed by atoms with E-state index in [9.17, 15) is 4.79 Å². The van der Waals surface area contributed by atoms with Crippen LogP contribution in [0, 0.1) is 0 Å². The Bertz CT molecular complexity index is 848. The number of aliphatic imine (C=N–C) groups is 1. The monoisotopic (exact) mass is 553 g/mol. The first kappa shape index (κ1) is 26.2. The van der Waals surface area contributed by atoms with Crippen molar-refractivity contribution in [3.63, 3.8) is 0 Å². The summed E-state index contributed by atoms with van der Waals surface area (Å²) in [6.45, 7) is 6.43.